The van der Waals surface area contributed by atoms with E-state index in [-0.39, 0.29) is 5.63 Å². The molecule has 0 aliphatic heterocycles. The molecule has 0 aliphatic carbocycles. The van der Waals surface area contributed by atoms with E-state index in [1.165, 1.54) is 0 Å². The molecular formula is C17H21NO2. The largest absolute Gasteiger partial charge is 0.423 e. The van der Waals surface area contributed by atoms with E-state index in [2.05, 4.69) is 18.4 Å². The van der Waals surface area contributed by atoms with Crippen molar-refractivity contribution < 1.29 is 4.42 Å². The molecule has 0 fully saturated rings. The van der Waals surface area contributed by atoms with Gasteiger partial charge in [0.15, 0.2) is 0 Å². The van der Waals surface area contributed by atoms with Crippen LogP contribution in [-0.4, -0.2) is 18.0 Å². The fraction of sp³-hybridized carbons (Fsp3) is 0.353. The Bertz CT molecular complexity index is 685. The molecular weight excluding hydrogens is 250 g/mol. The van der Waals surface area contributed by atoms with Gasteiger partial charge in [-0.3, -0.25) is 4.90 Å². The lowest BCUT2D eigenvalue weighted by molar-refractivity contribution is 0.305. The van der Waals surface area contributed by atoms with Gasteiger partial charge in [0.25, 0.3) is 0 Å². The molecule has 0 bridgehead atoms. The van der Waals surface area contributed by atoms with Gasteiger partial charge in [-0.2, -0.15) is 0 Å². The van der Waals surface area contributed by atoms with E-state index >= 15 is 0 Å². The van der Waals surface area contributed by atoms with Crippen LogP contribution in [0.4, 0.5) is 0 Å². The predicted molar refractivity (Wildman–Crippen MR) is 83.0 cm³/mol. The summed E-state index contributed by atoms with van der Waals surface area (Å²) in [6.45, 7) is 12.6. The highest BCUT2D eigenvalue weighted by Crippen LogP contribution is 2.20. The highest BCUT2D eigenvalue weighted by molar-refractivity contribution is 5.80. The van der Waals surface area contributed by atoms with Gasteiger partial charge < -0.3 is 4.42 Å². The van der Waals surface area contributed by atoms with E-state index in [1.807, 2.05) is 32.0 Å². The van der Waals surface area contributed by atoms with Crippen LogP contribution in [0.1, 0.15) is 25.0 Å². The minimum absolute atomic E-state index is 0.288. The Hall–Kier alpha value is -1.87. The summed E-state index contributed by atoms with van der Waals surface area (Å²) in [5, 5.41) is 1.01. The van der Waals surface area contributed by atoms with Crippen molar-refractivity contribution in [3.63, 3.8) is 0 Å². The van der Waals surface area contributed by atoms with E-state index in [4.69, 9.17) is 4.42 Å². The second-order valence-electron chi connectivity index (χ2n) is 5.35. The molecule has 0 atom stereocenters. The number of fused-ring (bicyclic) bond motifs is 1. The molecule has 3 heteroatoms. The fourth-order valence-corrected chi connectivity index (χ4v) is 2.37. The number of aryl methyl sites for hydroxylation is 1. The Kier molecular flexibility index (Phi) is 4.40. The highest BCUT2D eigenvalue weighted by Gasteiger charge is 2.10. The topological polar surface area (TPSA) is 33.5 Å². The molecule has 0 N–H and O–H groups in total. The van der Waals surface area contributed by atoms with E-state index in [1.54, 1.807) is 6.07 Å². The summed E-state index contributed by atoms with van der Waals surface area (Å²) in [5.41, 5.74) is 3.60. The van der Waals surface area contributed by atoms with Crippen molar-refractivity contribution in [3.8, 4) is 0 Å². The maximum absolute atomic E-state index is 11.7. The van der Waals surface area contributed by atoms with E-state index in [9.17, 15) is 4.79 Å². The maximum Gasteiger partial charge on any atom is 0.336 e. The summed E-state index contributed by atoms with van der Waals surface area (Å²) in [6.07, 6.45) is 0. The molecule has 20 heavy (non-hydrogen) atoms. The van der Waals surface area contributed by atoms with Gasteiger partial charge >= 0.3 is 5.63 Å². The van der Waals surface area contributed by atoms with Gasteiger partial charge in [0, 0.05) is 24.5 Å². The van der Waals surface area contributed by atoms with Crippen LogP contribution in [0.3, 0.4) is 0 Å². The Morgan fingerprint density at radius 2 is 2.10 bits per heavy atom. The highest BCUT2D eigenvalue weighted by atomic mass is 16.4. The van der Waals surface area contributed by atoms with Crippen LogP contribution in [0, 0.1) is 6.92 Å². The third-order valence-corrected chi connectivity index (χ3v) is 3.32. The molecule has 0 aliphatic rings. The zero-order valence-electron chi connectivity index (χ0n) is 12.4. The van der Waals surface area contributed by atoms with Crippen LogP contribution in [0.25, 0.3) is 11.0 Å². The van der Waals surface area contributed by atoms with Crippen LogP contribution in [0.5, 0.6) is 0 Å². The molecule has 1 aromatic carbocycles. The second kappa shape index (κ2) is 6.06. The molecule has 0 amide bonds. The Morgan fingerprint density at radius 3 is 2.75 bits per heavy atom. The van der Waals surface area contributed by atoms with Gasteiger partial charge in [-0.15, -0.1) is 0 Å². The van der Waals surface area contributed by atoms with Crippen LogP contribution < -0.4 is 5.63 Å². The summed E-state index contributed by atoms with van der Waals surface area (Å²) >= 11 is 0. The van der Waals surface area contributed by atoms with Crippen molar-refractivity contribution in [1.29, 1.82) is 0 Å². The first kappa shape index (κ1) is 14.5. The van der Waals surface area contributed by atoms with Gasteiger partial charge in [0.2, 0.25) is 0 Å². The van der Waals surface area contributed by atoms with Gasteiger partial charge in [-0.05, 0) is 37.6 Å². The zero-order valence-corrected chi connectivity index (χ0v) is 12.4. The number of hydrogen-bond donors (Lipinski definition) is 0. The minimum Gasteiger partial charge on any atom is -0.423 e. The monoisotopic (exact) mass is 271 g/mol. The second-order valence-corrected chi connectivity index (χ2v) is 5.35. The number of hydrogen-bond acceptors (Lipinski definition) is 3. The first-order valence-electron chi connectivity index (χ1n) is 6.89. The number of likely N-dealkylation sites (N-methyl/N-ethyl adjacent to an activating group) is 1. The molecule has 2 aromatic rings. The molecule has 106 valence electrons. The summed E-state index contributed by atoms with van der Waals surface area (Å²) in [5.74, 6) is 0. The first-order chi connectivity index (χ1) is 9.49. The first-order valence-corrected chi connectivity index (χ1v) is 6.89. The summed E-state index contributed by atoms with van der Waals surface area (Å²) in [6, 6.07) is 7.58. The van der Waals surface area contributed by atoms with E-state index in [0.29, 0.717) is 5.58 Å². The molecule has 2 rings (SSSR count). The molecule has 0 unspecified atom stereocenters. The predicted octanol–water partition coefficient (Wildman–Crippen LogP) is 3.50. The van der Waals surface area contributed by atoms with Crippen LogP contribution in [-0.2, 0) is 6.54 Å². The minimum atomic E-state index is -0.288. The molecule has 0 radical (unpaired) electrons. The van der Waals surface area contributed by atoms with Crippen molar-refractivity contribution in [2.24, 2.45) is 0 Å². The third-order valence-electron chi connectivity index (χ3n) is 3.32. The van der Waals surface area contributed by atoms with Gasteiger partial charge in [0.1, 0.15) is 5.58 Å². The van der Waals surface area contributed by atoms with Crippen LogP contribution >= 0.6 is 0 Å². The number of rotatable bonds is 5. The molecule has 1 heterocycles. The average molecular weight is 271 g/mol. The van der Waals surface area contributed by atoms with E-state index < -0.39 is 0 Å². The van der Waals surface area contributed by atoms with Crippen molar-refractivity contribution in [2.75, 3.05) is 13.1 Å². The SMILES string of the molecule is C=C(C)CN(CC)Cc1cc(=O)oc2cc(C)ccc12. The van der Waals surface area contributed by atoms with Crippen molar-refractivity contribution >= 4 is 11.0 Å². The Labute approximate surface area is 119 Å². The van der Waals surface area contributed by atoms with Gasteiger partial charge in [0.05, 0.1) is 0 Å². The normalized spacial score (nSPS) is 11.2. The lowest BCUT2D eigenvalue weighted by Gasteiger charge is -2.21. The lowest BCUT2D eigenvalue weighted by atomic mass is 10.1. The smallest absolute Gasteiger partial charge is 0.336 e. The molecule has 3 nitrogen and oxygen atoms in total. The van der Waals surface area contributed by atoms with Crippen molar-refractivity contribution in [3.05, 3.63) is 58.0 Å². The van der Waals surface area contributed by atoms with Crippen molar-refractivity contribution in [1.82, 2.24) is 4.90 Å². The average Bonchev–Trinajstić information content (AvgIpc) is 2.36. The van der Waals surface area contributed by atoms with Gasteiger partial charge in [-0.1, -0.05) is 31.2 Å². The van der Waals surface area contributed by atoms with Gasteiger partial charge in [-0.25, -0.2) is 4.79 Å². The van der Waals surface area contributed by atoms with Crippen LogP contribution in [0.2, 0.25) is 0 Å². The summed E-state index contributed by atoms with van der Waals surface area (Å²) in [7, 11) is 0. The summed E-state index contributed by atoms with van der Waals surface area (Å²) in [4.78, 5) is 14.0. The Balaban J connectivity index is 2.42. The third kappa shape index (κ3) is 3.36. The van der Waals surface area contributed by atoms with E-state index in [0.717, 1.165) is 41.7 Å². The summed E-state index contributed by atoms with van der Waals surface area (Å²) < 4.78 is 5.29. The number of nitrogens with zero attached hydrogens (tertiary/aromatic N) is 1. The zero-order chi connectivity index (χ0) is 14.7. The van der Waals surface area contributed by atoms with Crippen molar-refractivity contribution in [2.45, 2.75) is 27.3 Å². The molecule has 1 aromatic heterocycles. The Morgan fingerprint density at radius 1 is 1.35 bits per heavy atom. The molecule has 0 saturated carbocycles. The lowest BCUT2D eigenvalue weighted by Crippen LogP contribution is -2.25. The molecule has 0 spiro atoms. The quantitative estimate of drug-likeness (QED) is 0.616. The fourth-order valence-electron chi connectivity index (χ4n) is 2.37. The molecule has 0 saturated heterocycles. The van der Waals surface area contributed by atoms with Crippen LogP contribution in [0.15, 0.2) is 45.6 Å². The maximum atomic E-state index is 11.7. The standard InChI is InChI=1S/C17H21NO2/c1-5-18(10-12(2)3)11-14-9-17(19)20-16-8-13(4)6-7-15(14)16/h6-9H,2,5,10-11H2,1,3-4H3. The number of benzene rings is 1.